The van der Waals surface area contributed by atoms with Crippen molar-refractivity contribution in [2.75, 3.05) is 18.2 Å². The molecule has 0 fully saturated rings. The van der Waals surface area contributed by atoms with E-state index in [2.05, 4.69) is 15.5 Å². The fraction of sp³-hybridized carbons (Fsp3) is 0.167. The number of amides is 1. The normalized spacial score (nSPS) is 10.6. The van der Waals surface area contributed by atoms with Gasteiger partial charge in [-0.25, -0.2) is 0 Å². The van der Waals surface area contributed by atoms with Crippen molar-refractivity contribution in [3.05, 3.63) is 59.4 Å². The predicted octanol–water partition coefficient (Wildman–Crippen LogP) is 3.97. The summed E-state index contributed by atoms with van der Waals surface area (Å²) in [6, 6.07) is 12.9. The molecule has 0 aliphatic heterocycles. The van der Waals surface area contributed by atoms with E-state index in [0.29, 0.717) is 15.9 Å². The van der Waals surface area contributed by atoms with Crippen LogP contribution in [0.3, 0.4) is 0 Å². The van der Waals surface area contributed by atoms with Gasteiger partial charge in [-0.1, -0.05) is 29.4 Å². The van der Waals surface area contributed by atoms with E-state index in [4.69, 9.17) is 16.3 Å². The number of rotatable bonds is 6. The number of halogens is 1. The lowest BCUT2D eigenvalue weighted by Crippen LogP contribution is -2.14. The summed E-state index contributed by atoms with van der Waals surface area (Å²) in [6.45, 7) is 1.91. The molecule has 26 heavy (non-hydrogen) atoms. The first kappa shape index (κ1) is 18.3. The van der Waals surface area contributed by atoms with Crippen LogP contribution in [0.2, 0.25) is 5.02 Å². The fourth-order valence-corrected chi connectivity index (χ4v) is 3.15. The molecule has 1 heterocycles. The second-order valence-electron chi connectivity index (χ2n) is 5.48. The summed E-state index contributed by atoms with van der Waals surface area (Å²) in [5.41, 5.74) is 2.53. The van der Waals surface area contributed by atoms with Crippen LogP contribution in [0.15, 0.2) is 53.9 Å². The van der Waals surface area contributed by atoms with E-state index in [1.165, 1.54) is 11.8 Å². The maximum atomic E-state index is 12.2. The highest BCUT2D eigenvalue weighted by Crippen LogP contribution is 2.23. The van der Waals surface area contributed by atoms with Gasteiger partial charge in [0.15, 0.2) is 5.16 Å². The number of methoxy groups -OCH3 is 1. The van der Waals surface area contributed by atoms with Crippen molar-refractivity contribution in [2.24, 2.45) is 0 Å². The van der Waals surface area contributed by atoms with Crippen LogP contribution in [-0.4, -0.2) is 33.5 Å². The zero-order valence-corrected chi connectivity index (χ0v) is 15.8. The number of aryl methyl sites for hydroxylation is 1. The van der Waals surface area contributed by atoms with Gasteiger partial charge in [-0.05, 0) is 48.9 Å². The maximum Gasteiger partial charge on any atom is 0.234 e. The van der Waals surface area contributed by atoms with E-state index < -0.39 is 0 Å². The average Bonchev–Trinajstić information content (AvgIpc) is 3.12. The lowest BCUT2D eigenvalue weighted by molar-refractivity contribution is -0.113. The fourth-order valence-electron chi connectivity index (χ4n) is 2.24. The summed E-state index contributed by atoms with van der Waals surface area (Å²) in [4.78, 5) is 12.2. The van der Waals surface area contributed by atoms with E-state index in [0.717, 1.165) is 17.0 Å². The number of anilines is 1. The molecule has 0 bridgehead atoms. The van der Waals surface area contributed by atoms with E-state index in [1.54, 1.807) is 19.5 Å². The second kappa shape index (κ2) is 8.25. The van der Waals surface area contributed by atoms with Crippen LogP contribution < -0.4 is 10.1 Å². The first-order valence-corrected chi connectivity index (χ1v) is 9.16. The lowest BCUT2D eigenvalue weighted by atomic mass is 10.2. The summed E-state index contributed by atoms with van der Waals surface area (Å²) in [7, 11) is 1.62. The molecule has 1 aromatic heterocycles. The molecule has 0 unspecified atom stereocenters. The van der Waals surface area contributed by atoms with Crippen molar-refractivity contribution in [2.45, 2.75) is 12.1 Å². The van der Waals surface area contributed by atoms with Crippen molar-refractivity contribution in [1.82, 2.24) is 14.8 Å². The highest BCUT2D eigenvalue weighted by Gasteiger charge is 2.11. The number of hydrogen-bond donors (Lipinski definition) is 1. The summed E-state index contributed by atoms with van der Waals surface area (Å²) in [5, 5.41) is 12.1. The van der Waals surface area contributed by atoms with Gasteiger partial charge in [0, 0.05) is 16.4 Å². The molecule has 0 aliphatic rings. The van der Waals surface area contributed by atoms with Gasteiger partial charge in [0.1, 0.15) is 12.1 Å². The summed E-state index contributed by atoms with van der Waals surface area (Å²) >= 11 is 7.39. The zero-order chi connectivity index (χ0) is 18.5. The van der Waals surface area contributed by atoms with E-state index in [1.807, 2.05) is 47.9 Å². The number of benzene rings is 2. The molecule has 0 atom stereocenters. The molecule has 0 saturated carbocycles. The van der Waals surface area contributed by atoms with E-state index in [9.17, 15) is 4.79 Å². The minimum atomic E-state index is -0.140. The summed E-state index contributed by atoms with van der Waals surface area (Å²) in [6.07, 6.45) is 1.61. The second-order valence-corrected chi connectivity index (χ2v) is 6.83. The molecular formula is C18H17ClN4O2S. The summed E-state index contributed by atoms with van der Waals surface area (Å²) < 4.78 is 6.98. The molecule has 0 spiro atoms. The summed E-state index contributed by atoms with van der Waals surface area (Å²) in [5.74, 6) is 0.840. The van der Waals surface area contributed by atoms with Gasteiger partial charge in [-0.2, -0.15) is 0 Å². The van der Waals surface area contributed by atoms with E-state index >= 15 is 0 Å². The average molecular weight is 389 g/mol. The topological polar surface area (TPSA) is 69.0 Å². The number of carbonyl (C=O) groups excluding carboxylic acids is 1. The van der Waals surface area contributed by atoms with Gasteiger partial charge in [0.05, 0.1) is 12.9 Å². The van der Waals surface area contributed by atoms with Crippen molar-refractivity contribution in [3.63, 3.8) is 0 Å². The third-order valence-electron chi connectivity index (χ3n) is 3.66. The third kappa shape index (κ3) is 4.36. The number of nitrogens with zero attached hydrogens (tertiary/aromatic N) is 3. The minimum Gasteiger partial charge on any atom is -0.497 e. The van der Waals surface area contributed by atoms with Gasteiger partial charge in [0.25, 0.3) is 0 Å². The van der Waals surface area contributed by atoms with Crippen LogP contribution in [0.1, 0.15) is 5.56 Å². The molecule has 0 saturated heterocycles. The highest BCUT2D eigenvalue weighted by atomic mass is 35.5. The Hall–Kier alpha value is -2.51. The Labute approximate surface area is 160 Å². The Morgan fingerprint density at radius 1 is 1.27 bits per heavy atom. The van der Waals surface area contributed by atoms with E-state index in [-0.39, 0.29) is 11.7 Å². The number of aromatic nitrogens is 3. The maximum absolute atomic E-state index is 12.2. The Morgan fingerprint density at radius 3 is 2.73 bits per heavy atom. The SMILES string of the molecule is COc1ccc(-n2cnnc2SCC(=O)Nc2ccc(C)c(Cl)c2)cc1. The first-order chi connectivity index (χ1) is 12.6. The van der Waals surface area contributed by atoms with Crippen molar-refractivity contribution >= 4 is 35.0 Å². The Balaban J connectivity index is 1.63. The van der Waals surface area contributed by atoms with Crippen LogP contribution in [-0.2, 0) is 4.79 Å². The third-order valence-corrected chi connectivity index (χ3v) is 5.01. The molecule has 1 amide bonds. The van der Waals surface area contributed by atoms with Gasteiger partial charge in [-0.3, -0.25) is 9.36 Å². The molecule has 0 aliphatic carbocycles. The zero-order valence-electron chi connectivity index (χ0n) is 14.3. The highest BCUT2D eigenvalue weighted by molar-refractivity contribution is 7.99. The molecule has 1 N–H and O–H groups in total. The standard InChI is InChI=1S/C18H17ClN4O2S/c1-12-3-4-13(9-16(12)19)21-17(24)10-26-18-22-20-11-23(18)14-5-7-15(25-2)8-6-14/h3-9,11H,10H2,1-2H3,(H,21,24). The molecule has 8 heteroatoms. The van der Waals surface area contributed by atoms with Crippen LogP contribution >= 0.6 is 23.4 Å². The van der Waals surface area contributed by atoms with Crippen molar-refractivity contribution in [3.8, 4) is 11.4 Å². The largest absolute Gasteiger partial charge is 0.497 e. The van der Waals surface area contributed by atoms with Crippen LogP contribution in [0, 0.1) is 6.92 Å². The van der Waals surface area contributed by atoms with Gasteiger partial charge in [0.2, 0.25) is 5.91 Å². The molecule has 0 radical (unpaired) electrons. The van der Waals surface area contributed by atoms with Crippen molar-refractivity contribution in [1.29, 1.82) is 0 Å². The number of carbonyl (C=O) groups is 1. The monoisotopic (exact) mass is 388 g/mol. The quantitative estimate of drug-likeness (QED) is 0.647. The number of ether oxygens (including phenoxy) is 1. The Morgan fingerprint density at radius 2 is 2.04 bits per heavy atom. The van der Waals surface area contributed by atoms with Gasteiger partial charge >= 0.3 is 0 Å². The molecule has 3 rings (SSSR count). The molecule has 134 valence electrons. The minimum absolute atomic E-state index is 0.140. The molecule has 3 aromatic rings. The molecular weight excluding hydrogens is 372 g/mol. The van der Waals surface area contributed by atoms with Gasteiger partial charge < -0.3 is 10.1 Å². The Kier molecular flexibility index (Phi) is 5.80. The number of nitrogens with one attached hydrogen (secondary N) is 1. The van der Waals surface area contributed by atoms with Gasteiger partial charge in [-0.15, -0.1) is 10.2 Å². The van der Waals surface area contributed by atoms with Crippen LogP contribution in [0.25, 0.3) is 5.69 Å². The van der Waals surface area contributed by atoms with Crippen molar-refractivity contribution < 1.29 is 9.53 Å². The predicted molar refractivity (Wildman–Crippen MR) is 103 cm³/mol. The molecule has 2 aromatic carbocycles. The Bertz CT molecular complexity index is 912. The smallest absolute Gasteiger partial charge is 0.234 e. The van der Waals surface area contributed by atoms with Crippen LogP contribution in [0.5, 0.6) is 5.75 Å². The molecule has 6 nitrogen and oxygen atoms in total. The first-order valence-electron chi connectivity index (χ1n) is 7.80. The number of thioether (sulfide) groups is 1. The number of hydrogen-bond acceptors (Lipinski definition) is 5. The lowest BCUT2D eigenvalue weighted by Gasteiger charge is -2.08. The van der Waals surface area contributed by atoms with Crippen LogP contribution in [0.4, 0.5) is 5.69 Å².